The van der Waals surface area contributed by atoms with Crippen LogP contribution in [0.25, 0.3) is 5.78 Å². The minimum absolute atomic E-state index is 0.117. The summed E-state index contributed by atoms with van der Waals surface area (Å²) in [6, 6.07) is 1.90. The zero-order chi connectivity index (χ0) is 11.7. The number of piperidine rings is 1. The summed E-state index contributed by atoms with van der Waals surface area (Å²) in [4.78, 5) is 11.0. The number of aliphatic hydroxyl groups excluding tert-OH is 1. The summed E-state index contributed by atoms with van der Waals surface area (Å²) in [5.74, 6) is 0.750. The van der Waals surface area contributed by atoms with E-state index in [0.29, 0.717) is 0 Å². The monoisotopic (exact) mass is 232 g/mol. The highest BCUT2D eigenvalue weighted by Gasteiger charge is 2.17. The average molecular weight is 232 g/mol. The molecule has 5 heteroatoms. The summed E-state index contributed by atoms with van der Waals surface area (Å²) in [5, 5.41) is 9.45. The number of aromatic nitrogens is 3. The Bertz CT molecular complexity index is 469. The first kappa shape index (κ1) is 10.7. The molecule has 90 valence electrons. The number of aliphatic hydroxyl groups is 1. The van der Waals surface area contributed by atoms with Crippen molar-refractivity contribution in [2.75, 3.05) is 13.1 Å². The van der Waals surface area contributed by atoms with Gasteiger partial charge in [0.15, 0.2) is 0 Å². The van der Waals surface area contributed by atoms with Gasteiger partial charge >= 0.3 is 0 Å². The second-order valence-corrected chi connectivity index (χ2v) is 4.57. The van der Waals surface area contributed by atoms with Crippen LogP contribution in [0, 0.1) is 0 Å². The highest BCUT2D eigenvalue weighted by molar-refractivity contribution is 5.29. The molecular weight excluding hydrogens is 216 g/mol. The minimum Gasteiger partial charge on any atom is -0.393 e. The first-order chi connectivity index (χ1) is 8.31. The van der Waals surface area contributed by atoms with Crippen molar-refractivity contribution >= 4 is 5.78 Å². The largest absolute Gasteiger partial charge is 0.393 e. The molecule has 0 aliphatic carbocycles. The van der Waals surface area contributed by atoms with Crippen molar-refractivity contribution in [1.29, 1.82) is 0 Å². The van der Waals surface area contributed by atoms with Gasteiger partial charge in [0.2, 0.25) is 5.78 Å². The Morgan fingerprint density at radius 3 is 2.94 bits per heavy atom. The molecule has 1 aliphatic rings. The van der Waals surface area contributed by atoms with Gasteiger partial charge in [0.05, 0.1) is 11.8 Å². The van der Waals surface area contributed by atoms with Crippen LogP contribution in [0.3, 0.4) is 0 Å². The number of nitrogens with zero attached hydrogens (tertiary/aromatic N) is 4. The Hall–Kier alpha value is -1.46. The number of imidazole rings is 1. The van der Waals surface area contributed by atoms with Crippen LogP contribution in [0.15, 0.2) is 24.7 Å². The Morgan fingerprint density at radius 1 is 1.35 bits per heavy atom. The van der Waals surface area contributed by atoms with Crippen LogP contribution in [0.1, 0.15) is 18.5 Å². The van der Waals surface area contributed by atoms with Crippen LogP contribution >= 0.6 is 0 Å². The summed E-state index contributed by atoms with van der Waals surface area (Å²) in [7, 11) is 0. The SMILES string of the molecule is OC1CCN(Cc2cn3cccnc3n2)CC1. The lowest BCUT2D eigenvalue weighted by Crippen LogP contribution is -2.35. The van der Waals surface area contributed by atoms with Crippen LogP contribution < -0.4 is 0 Å². The van der Waals surface area contributed by atoms with Crippen molar-refractivity contribution in [3.63, 3.8) is 0 Å². The summed E-state index contributed by atoms with van der Waals surface area (Å²) in [6.45, 7) is 2.74. The molecule has 1 N–H and O–H groups in total. The molecule has 1 aliphatic heterocycles. The maximum absolute atomic E-state index is 9.45. The fourth-order valence-electron chi connectivity index (χ4n) is 2.26. The minimum atomic E-state index is -0.117. The van der Waals surface area contributed by atoms with E-state index in [0.717, 1.165) is 43.9 Å². The molecule has 0 atom stereocenters. The van der Waals surface area contributed by atoms with Gasteiger partial charge in [0.1, 0.15) is 0 Å². The number of likely N-dealkylation sites (tertiary alicyclic amines) is 1. The molecule has 3 rings (SSSR count). The molecule has 0 unspecified atom stereocenters. The van der Waals surface area contributed by atoms with Crippen molar-refractivity contribution in [2.24, 2.45) is 0 Å². The molecule has 0 radical (unpaired) electrons. The fraction of sp³-hybridized carbons (Fsp3) is 0.500. The lowest BCUT2D eigenvalue weighted by molar-refractivity contribution is 0.0787. The van der Waals surface area contributed by atoms with E-state index in [1.165, 1.54) is 0 Å². The molecule has 5 nitrogen and oxygen atoms in total. The van der Waals surface area contributed by atoms with Crippen LogP contribution in [0.5, 0.6) is 0 Å². The predicted octanol–water partition coefficient (Wildman–Crippen LogP) is 0.686. The van der Waals surface area contributed by atoms with E-state index < -0.39 is 0 Å². The molecule has 3 heterocycles. The van der Waals surface area contributed by atoms with Gasteiger partial charge < -0.3 is 5.11 Å². The molecule has 2 aromatic heterocycles. The Balaban J connectivity index is 1.72. The van der Waals surface area contributed by atoms with Gasteiger partial charge in [-0.1, -0.05) is 0 Å². The highest BCUT2D eigenvalue weighted by Crippen LogP contribution is 2.13. The lowest BCUT2D eigenvalue weighted by atomic mass is 10.1. The molecule has 1 saturated heterocycles. The van der Waals surface area contributed by atoms with E-state index in [4.69, 9.17) is 0 Å². The third-order valence-corrected chi connectivity index (χ3v) is 3.23. The van der Waals surface area contributed by atoms with E-state index in [1.54, 1.807) is 6.20 Å². The van der Waals surface area contributed by atoms with E-state index >= 15 is 0 Å². The molecule has 0 saturated carbocycles. The Labute approximate surface area is 99.7 Å². The number of fused-ring (bicyclic) bond motifs is 1. The van der Waals surface area contributed by atoms with Crippen LogP contribution in [0.4, 0.5) is 0 Å². The number of rotatable bonds is 2. The maximum atomic E-state index is 9.45. The van der Waals surface area contributed by atoms with Crippen molar-refractivity contribution in [3.8, 4) is 0 Å². The summed E-state index contributed by atoms with van der Waals surface area (Å²) in [5.41, 5.74) is 1.04. The van der Waals surface area contributed by atoms with Gasteiger partial charge in [-0.2, -0.15) is 0 Å². The molecule has 0 amide bonds. The number of hydrogen-bond donors (Lipinski definition) is 1. The summed E-state index contributed by atoms with van der Waals surface area (Å²) < 4.78 is 1.94. The van der Waals surface area contributed by atoms with Gasteiger partial charge in [0.25, 0.3) is 0 Å². The van der Waals surface area contributed by atoms with E-state index in [9.17, 15) is 5.11 Å². The molecule has 1 fully saturated rings. The standard InChI is InChI=1S/C12H16N4O/c17-11-2-6-15(7-3-11)8-10-9-16-5-1-4-13-12(16)14-10/h1,4-5,9,11,17H,2-3,6-8H2. The second-order valence-electron chi connectivity index (χ2n) is 4.57. The quantitative estimate of drug-likeness (QED) is 0.827. The Morgan fingerprint density at radius 2 is 2.18 bits per heavy atom. The van der Waals surface area contributed by atoms with Gasteiger partial charge in [-0.05, 0) is 18.9 Å². The van der Waals surface area contributed by atoms with Gasteiger partial charge in [-0.25, -0.2) is 9.97 Å². The lowest BCUT2D eigenvalue weighted by Gasteiger charge is -2.28. The summed E-state index contributed by atoms with van der Waals surface area (Å²) >= 11 is 0. The molecule has 17 heavy (non-hydrogen) atoms. The average Bonchev–Trinajstić information content (AvgIpc) is 2.74. The van der Waals surface area contributed by atoms with Crippen molar-refractivity contribution in [2.45, 2.75) is 25.5 Å². The summed E-state index contributed by atoms with van der Waals surface area (Å²) in [6.07, 6.45) is 7.35. The Kier molecular flexibility index (Phi) is 2.78. The van der Waals surface area contributed by atoms with Crippen molar-refractivity contribution < 1.29 is 5.11 Å². The second kappa shape index (κ2) is 4.43. The third-order valence-electron chi connectivity index (χ3n) is 3.23. The third kappa shape index (κ3) is 2.30. The van der Waals surface area contributed by atoms with E-state index in [-0.39, 0.29) is 6.10 Å². The molecular formula is C12H16N4O. The molecule has 2 aromatic rings. The van der Waals surface area contributed by atoms with Crippen LogP contribution in [-0.2, 0) is 6.54 Å². The van der Waals surface area contributed by atoms with Crippen molar-refractivity contribution in [3.05, 3.63) is 30.4 Å². The fourth-order valence-corrected chi connectivity index (χ4v) is 2.26. The molecule has 0 bridgehead atoms. The zero-order valence-electron chi connectivity index (χ0n) is 9.66. The van der Waals surface area contributed by atoms with E-state index in [2.05, 4.69) is 14.9 Å². The maximum Gasteiger partial charge on any atom is 0.233 e. The van der Waals surface area contributed by atoms with Gasteiger partial charge in [0, 0.05) is 38.2 Å². The molecule has 0 aromatic carbocycles. The number of hydrogen-bond acceptors (Lipinski definition) is 4. The predicted molar refractivity (Wildman–Crippen MR) is 63.5 cm³/mol. The van der Waals surface area contributed by atoms with Crippen LogP contribution in [-0.4, -0.2) is 43.6 Å². The topological polar surface area (TPSA) is 53.7 Å². The van der Waals surface area contributed by atoms with Crippen molar-refractivity contribution in [1.82, 2.24) is 19.3 Å². The highest BCUT2D eigenvalue weighted by atomic mass is 16.3. The van der Waals surface area contributed by atoms with E-state index in [1.807, 2.05) is 22.9 Å². The first-order valence-corrected chi connectivity index (χ1v) is 6.00. The van der Waals surface area contributed by atoms with Gasteiger partial charge in [-0.3, -0.25) is 9.30 Å². The van der Waals surface area contributed by atoms with Crippen LogP contribution in [0.2, 0.25) is 0 Å². The first-order valence-electron chi connectivity index (χ1n) is 6.00. The zero-order valence-corrected chi connectivity index (χ0v) is 9.66. The molecule has 0 spiro atoms. The smallest absolute Gasteiger partial charge is 0.233 e. The normalized spacial score (nSPS) is 18.9. The van der Waals surface area contributed by atoms with Gasteiger partial charge in [-0.15, -0.1) is 0 Å².